The highest BCUT2D eigenvalue weighted by Gasteiger charge is 2.44. The minimum Gasteiger partial charge on any atom is -0.477 e. The van der Waals surface area contributed by atoms with Crippen LogP contribution >= 0.6 is 127 Å². The van der Waals surface area contributed by atoms with Crippen molar-refractivity contribution in [2.75, 3.05) is 31.5 Å². The number of fused-ring (bicyclic) bond motifs is 3. The predicted molar refractivity (Wildman–Crippen MR) is 402 cm³/mol. The zero-order chi connectivity index (χ0) is 75.3. The summed E-state index contributed by atoms with van der Waals surface area (Å²) in [5.74, 6) is 3.21. The molecular formula is C72H66Cl8F3N7O10S3. The van der Waals surface area contributed by atoms with Crippen LogP contribution in [0.15, 0.2) is 51.9 Å². The molecule has 17 nitrogen and oxygen atoms in total. The Labute approximate surface area is 645 Å². The van der Waals surface area contributed by atoms with Crippen LogP contribution in [0, 0.1) is 54.5 Å². The first-order chi connectivity index (χ1) is 49.0. The van der Waals surface area contributed by atoms with Crippen molar-refractivity contribution in [2.45, 2.75) is 140 Å². The second-order valence-corrected chi connectivity index (χ2v) is 30.8. The molecule has 0 fully saturated rings. The lowest BCUT2D eigenvalue weighted by Crippen LogP contribution is -2.30. The van der Waals surface area contributed by atoms with Crippen LogP contribution in [0.25, 0.3) is 0 Å². The van der Waals surface area contributed by atoms with Gasteiger partial charge >= 0.3 is 5.97 Å². The normalized spacial score (nSPS) is 18.3. The van der Waals surface area contributed by atoms with E-state index in [1.165, 1.54) is 70.4 Å². The molecule has 3 aliphatic carbocycles. The van der Waals surface area contributed by atoms with Gasteiger partial charge in [0.05, 0.1) is 86.0 Å². The van der Waals surface area contributed by atoms with Crippen molar-refractivity contribution >= 4 is 179 Å². The van der Waals surface area contributed by atoms with Gasteiger partial charge in [0, 0.05) is 61.6 Å². The number of thiophene rings is 3. The average Bonchev–Trinajstić information content (AvgIpc) is 1.63. The summed E-state index contributed by atoms with van der Waals surface area (Å²) in [6.07, 6.45) is 24.7. The first kappa shape index (κ1) is 81.8. The van der Waals surface area contributed by atoms with Crippen LogP contribution in [0.1, 0.15) is 179 Å². The standard InChI is InChI=1S/2C24H21Cl2FN2O3S.C18H14Cl2FNO3S.C5H8N2O.CH2Cl2/c2*1-3-9-28-20(31)8-7-19(30)23-15-6-4-5-14(15)22(33-23)18-12-24(2,32-29-18)13-10-16(25)21(27)17(26)11-13;1-18(8-5-11(19)14(21)12(20)6-8)7-13(22-25-18)15-9-3-2-4-10(9)16(26-15)17(23)24;1-2-3-7-5(8)4-6;2-1-3/h2*1,10-11H,4-9,12H2,2H3,(H,28,31);5-6H,2-4,7H2,1H3,(H,23,24);1H,3-4,6H2,(H,7,8);1H2/t24-;;;;/m0..../s1. The molecule has 3 aromatic heterocycles. The van der Waals surface area contributed by atoms with E-state index in [9.17, 15) is 47.0 Å². The molecule has 0 radical (unpaired) electrons. The number of aromatic carboxylic acids is 1. The molecular weight excluding hydrogens is 1560 g/mol. The highest BCUT2D eigenvalue weighted by molar-refractivity contribution is 7.17. The second-order valence-electron chi connectivity index (χ2n) is 24.5. The Morgan fingerprint density at radius 1 is 0.485 bits per heavy atom. The molecule has 103 heavy (non-hydrogen) atoms. The van der Waals surface area contributed by atoms with Crippen molar-refractivity contribution < 1.29 is 61.6 Å². The fourth-order valence-electron chi connectivity index (χ4n) is 12.1. The van der Waals surface area contributed by atoms with Crippen LogP contribution in [0.2, 0.25) is 30.1 Å². The van der Waals surface area contributed by atoms with Crippen LogP contribution in [0.3, 0.4) is 0 Å². The topological polar surface area (TPSA) is 250 Å². The van der Waals surface area contributed by atoms with Gasteiger partial charge in [-0.3, -0.25) is 24.0 Å². The molecule has 6 aliphatic rings. The lowest BCUT2D eigenvalue weighted by atomic mass is 9.90. The number of halogens is 11. The molecule has 0 spiro atoms. The molecule has 0 saturated heterocycles. The maximum atomic E-state index is 13.9. The molecule has 3 aliphatic heterocycles. The summed E-state index contributed by atoms with van der Waals surface area (Å²) in [6.45, 7) is 6.08. The number of carboxylic acid groups (broad SMARTS) is 1. The van der Waals surface area contributed by atoms with E-state index < -0.39 is 40.2 Å². The van der Waals surface area contributed by atoms with E-state index in [-0.39, 0.29) is 117 Å². The monoisotopic (exact) mass is 1620 g/mol. The second kappa shape index (κ2) is 36.4. The van der Waals surface area contributed by atoms with Crippen LogP contribution in [0.4, 0.5) is 13.2 Å². The Balaban J connectivity index is 0.000000183. The fraction of sp³-hybridized carbons (Fsp3) is 0.375. The Morgan fingerprint density at radius 2 is 0.748 bits per heavy atom. The number of carbonyl (C=O) groups excluding carboxylic acids is 5. The Kier molecular flexibility index (Phi) is 28.9. The lowest BCUT2D eigenvalue weighted by Gasteiger charge is -2.22. The number of hydrogen-bond acceptors (Lipinski definition) is 16. The summed E-state index contributed by atoms with van der Waals surface area (Å²) in [6, 6.07) is 8.98. The van der Waals surface area contributed by atoms with Gasteiger partial charge in [0.15, 0.2) is 45.8 Å². The number of terminal acetylenes is 3. The molecule has 3 atom stereocenters. The van der Waals surface area contributed by atoms with Crippen molar-refractivity contribution in [1.82, 2.24) is 16.0 Å². The van der Waals surface area contributed by atoms with E-state index in [1.54, 1.807) is 0 Å². The van der Waals surface area contributed by atoms with Crippen LogP contribution < -0.4 is 21.7 Å². The van der Waals surface area contributed by atoms with Crippen LogP contribution in [0.5, 0.6) is 0 Å². The average molecular weight is 1630 g/mol. The molecule has 6 N–H and O–H groups in total. The Hall–Kier alpha value is -6.86. The predicted octanol–water partition coefficient (Wildman–Crippen LogP) is 16.4. The molecule has 544 valence electrons. The first-order valence-electron chi connectivity index (χ1n) is 31.9. The van der Waals surface area contributed by atoms with Crippen LogP contribution in [-0.4, -0.2) is 89.0 Å². The van der Waals surface area contributed by atoms with E-state index in [0.29, 0.717) is 56.3 Å². The molecule has 2 unspecified atom stereocenters. The number of oxime groups is 3. The zero-order valence-electron chi connectivity index (χ0n) is 55.5. The molecule has 0 saturated carbocycles. The van der Waals surface area contributed by atoms with Gasteiger partial charge in [0.2, 0.25) is 17.7 Å². The number of benzene rings is 3. The molecule has 6 heterocycles. The minimum absolute atomic E-state index is 0.00167. The summed E-state index contributed by atoms with van der Waals surface area (Å²) in [5, 5.41) is 29.6. The van der Waals surface area contributed by atoms with E-state index in [0.717, 1.165) is 117 Å². The fourth-order valence-corrected chi connectivity index (χ4v) is 17.5. The maximum absolute atomic E-state index is 13.9. The van der Waals surface area contributed by atoms with Gasteiger partial charge in [0.1, 0.15) is 22.0 Å². The Morgan fingerprint density at radius 3 is 1.02 bits per heavy atom. The SMILES string of the molecule is C#CCNC(=O)CCC(=O)c1sc(C2=NOC(C)(c3cc(Cl)c(F)c(Cl)c3)C2)c2c1CCC2.C#CCNC(=O)CCC(=O)c1sc(C2=NO[C@](C)(c3cc(Cl)c(F)c(Cl)c3)C2)c2c1CCC2.C#CCNC(=O)CN.CC1(c2cc(Cl)c(F)c(Cl)c2)CC(c2sc(C(=O)O)c3c2CCC3)=NO1.ClCCl. The number of amides is 3. The molecule has 0 bridgehead atoms. The number of Topliss-reactive ketones (excluding diaryl/α,β-unsaturated/α-hetero) is 2. The summed E-state index contributed by atoms with van der Waals surface area (Å²) in [7, 11) is 0. The molecule has 6 aromatic rings. The van der Waals surface area contributed by atoms with Crippen LogP contribution in [-0.2, 0) is 84.2 Å². The number of alkyl halides is 2. The number of nitrogens with two attached hydrogens (primary N) is 1. The highest BCUT2D eigenvalue weighted by atomic mass is 35.5. The lowest BCUT2D eigenvalue weighted by molar-refractivity contribution is -0.121. The van der Waals surface area contributed by atoms with Crippen molar-refractivity contribution in [2.24, 2.45) is 21.2 Å². The largest absolute Gasteiger partial charge is 0.477 e. The van der Waals surface area contributed by atoms with Gasteiger partial charge in [-0.1, -0.05) is 103 Å². The zero-order valence-corrected chi connectivity index (χ0v) is 64.0. The quantitative estimate of drug-likeness (QED) is 0.0221. The highest BCUT2D eigenvalue weighted by Crippen LogP contribution is 2.48. The van der Waals surface area contributed by atoms with Crippen molar-refractivity contribution in [3.63, 3.8) is 0 Å². The summed E-state index contributed by atoms with van der Waals surface area (Å²) in [4.78, 5) is 93.0. The smallest absolute Gasteiger partial charge is 0.346 e. The van der Waals surface area contributed by atoms with Gasteiger partial charge in [-0.05, 0) is 148 Å². The van der Waals surface area contributed by atoms with Crippen molar-refractivity contribution in [3.05, 3.63) is 163 Å². The number of carbonyl (C=O) groups is 6. The third-order valence-electron chi connectivity index (χ3n) is 17.3. The van der Waals surface area contributed by atoms with E-state index in [2.05, 4.69) is 49.2 Å². The molecule has 3 aromatic carbocycles. The third kappa shape index (κ3) is 19.4. The van der Waals surface area contributed by atoms with Crippen molar-refractivity contribution in [3.8, 4) is 37.0 Å². The first-order valence-corrected chi connectivity index (χ1v) is 37.6. The summed E-state index contributed by atoms with van der Waals surface area (Å²) >= 11 is 49.3. The van der Waals surface area contributed by atoms with E-state index in [1.807, 2.05) is 20.8 Å². The van der Waals surface area contributed by atoms with E-state index in [4.69, 9.17) is 132 Å². The van der Waals surface area contributed by atoms with Gasteiger partial charge < -0.3 is 41.3 Å². The number of hydrogen-bond donors (Lipinski definition) is 5. The number of rotatable bonds is 19. The molecule has 3 amide bonds. The number of carboxylic acids is 1. The number of ketones is 2. The summed E-state index contributed by atoms with van der Waals surface area (Å²) in [5.41, 5.74) is 12.8. The Bertz CT molecular complexity index is 4300. The number of nitrogens with zero attached hydrogens (tertiary/aromatic N) is 3. The number of nitrogens with one attached hydrogen (secondary N) is 3. The van der Waals surface area contributed by atoms with Gasteiger partial charge in [-0.15, -0.1) is 76.5 Å². The molecule has 31 heteroatoms. The van der Waals surface area contributed by atoms with Gasteiger partial charge in [-0.2, -0.15) is 0 Å². The van der Waals surface area contributed by atoms with Crippen molar-refractivity contribution in [1.29, 1.82) is 0 Å². The van der Waals surface area contributed by atoms with Gasteiger partial charge in [-0.25, -0.2) is 18.0 Å². The van der Waals surface area contributed by atoms with E-state index >= 15 is 0 Å². The third-order valence-corrected chi connectivity index (χ3v) is 23.0. The maximum Gasteiger partial charge on any atom is 0.346 e. The minimum atomic E-state index is -0.904. The molecule has 12 rings (SSSR count). The summed E-state index contributed by atoms with van der Waals surface area (Å²) < 4.78 is 41.4. The van der Waals surface area contributed by atoms with Gasteiger partial charge in [0.25, 0.3) is 0 Å².